The van der Waals surface area contributed by atoms with Crippen molar-refractivity contribution >= 4 is 28.1 Å². The minimum Gasteiger partial charge on any atom is -0.496 e. The molecule has 6 aromatic rings. The Morgan fingerprint density at radius 1 is 0.907 bits per heavy atom. The molecule has 0 amide bonds. The number of aromatic nitrogens is 2. The van der Waals surface area contributed by atoms with Crippen molar-refractivity contribution in [2.45, 2.75) is 13.0 Å². The minimum absolute atomic E-state index is 0.263. The number of furan rings is 1. The van der Waals surface area contributed by atoms with Crippen molar-refractivity contribution in [1.29, 1.82) is 0 Å². The summed E-state index contributed by atoms with van der Waals surface area (Å²) in [6, 6.07) is 28.2. The molecular formula is C35H29N3O5. The first kappa shape index (κ1) is 27.5. The Bertz CT molecular complexity index is 2030. The van der Waals surface area contributed by atoms with E-state index in [1.54, 1.807) is 50.8 Å². The van der Waals surface area contributed by atoms with Gasteiger partial charge in [0.25, 0.3) is 5.56 Å². The van der Waals surface area contributed by atoms with Gasteiger partial charge in [-0.25, -0.2) is 4.98 Å². The van der Waals surface area contributed by atoms with Gasteiger partial charge in [-0.15, -0.1) is 6.58 Å². The van der Waals surface area contributed by atoms with Crippen molar-refractivity contribution in [3.05, 3.63) is 131 Å². The van der Waals surface area contributed by atoms with Crippen LogP contribution in [0, 0.1) is 0 Å². The van der Waals surface area contributed by atoms with Crippen molar-refractivity contribution in [3.63, 3.8) is 0 Å². The summed E-state index contributed by atoms with van der Waals surface area (Å²) in [5.41, 5.74) is 3.44. The Morgan fingerprint density at radius 3 is 2.49 bits per heavy atom. The molecule has 6 rings (SSSR count). The fraction of sp³-hybridized carbons (Fsp3) is 0.114. The van der Waals surface area contributed by atoms with E-state index in [0.29, 0.717) is 58.1 Å². The number of allylic oxidation sites excluding steroid dienone is 1. The standard InChI is InChI=1S/C35H29N3O5/c1-4-11-25-18-24(19-31(41-3)33(25)42-22-23-12-6-5-7-13-23)21-36-38-34(37-28-15-9-8-14-26(28)35(38)39)32-20-27-29(40-2)16-10-17-30(27)43-32/h4-10,12-21H,1,11,22H2,2-3H3. The molecule has 0 saturated carbocycles. The van der Waals surface area contributed by atoms with E-state index in [-0.39, 0.29) is 11.4 Å². The van der Waals surface area contributed by atoms with E-state index < -0.39 is 0 Å². The molecule has 0 spiro atoms. The molecule has 214 valence electrons. The maximum atomic E-state index is 13.7. The molecule has 8 heteroatoms. The van der Waals surface area contributed by atoms with Gasteiger partial charge in [0.15, 0.2) is 17.3 Å². The SMILES string of the molecule is C=CCc1cc(C=Nn2c(-c3cc4c(OC)cccc4o3)nc3ccccc3c2=O)cc(OC)c1OCc1ccccc1. The van der Waals surface area contributed by atoms with Crippen LogP contribution in [0.5, 0.6) is 17.2 Å². The monoisotopic (exact) mass is 571 g/mol. The topological polar surface area (TPSA) is 88.1 Å². The van der Waals surface area contributed by atoms with Crippen LogP contribution in [0.25, 0.3) is 33.5 Å². The Kier molecular flexibility index (Phi) is 7.74. The first-order valence-electron chi connectivity index (χ1n) is 13.7. The highest BCUT2D eigenvalue weighted by molar-refractivity contribution is 5.89. The molecule has 4 aromatic carbocycles. The summed E-state index contributed by atoms with van der Waals surface area (Å²) in [6.07, 6.45) is 3.95. The summed E-state index contributed by atoms with van der Waals surface area (Å²) < 4.78 is 24.8. The van der Waals surface area contributed by atoms with Gasteiger partial charge in [-0.1, -0.05) is 54.6 Å². The van der Waals surface area contributed by atoms with Crippen LogP contribution in [-0.2, 0) is 13.0 Å². The summed E-state index contributed by atoms with van der Waals surface area (Å²) in [4.78, 5) is 18.5. The number of para-hydroxylation sites is 1. The Hall–Kier alpha value is -5.63. The molecule has 2 aromatic heterocycles. The van der Waals surface area contributed by atoms with Crippen molar-refractivity contribution in [1.82, 2.24) is 9.66 Å². The first-order valence-corrected chi connectivity index (χ1v) is 13.7. The highest BCUT2D eigenvalue weighted by atomic mass is 16.5. The lowest BCUT2D eigenvalue weighted by Gasteiger charge is -2.16. The second kappa shape index (κ2) is 12.1. The van der Waals surface area contributed by atoms with Gasteiger partial charge >= 0.3 is 0 Å². The highest BCUT2D eigenvalue weighted by Gasteiger charge is 2.18. The third-order valence-electron chi connectivity index (χ3n) is 7.00. The minimum atomic E-state index is -0.328. The number of benzene rings is 4. The molecule has 0 saturated heterocycles. The molecule has 0 radical (unpaired) electrons. The highest BCUT2D eigenvalue weighted by Crippen LogP contribution is 2.35. The third kappa shape index (κ3) is 5.50. The zero-order chi connectivity index (χ0) is 29.8. The number of hydrogen-bond donors (Lipinski definition) is 0. The van der Waals surface area contributed by atoms with Gasteiger partial charge in [0.2, 0.25) is 5.82 Å². The van der Waals surface area contributed by atoms with E-state index >= 15 is 0 Å². The number of fused-ring (bicyclic) bond motifs is 2. The maximum absolute atomic E-state index is 13.7. The molecule has 0 aliphatic carbocycles. The van der Waals surface area contributed by atoms with Crippen LogP contribution in [0.4, 0.5) is 0 Å². The molecule has 8 nitrogen and oxygen atoms in total. The molecule has 0 N–H and O–H groups in total. The van der Waals surface area contributed by atoms with Crippen LogP contribution in [0.1, 0.15) is 16.7 Å². The Labute approximate surface area is 248 Å². The second-order valence-electron chi connectivity index (χ2n) is 9.78. The molecule has 43 heavy (non-hydrogen) atoms. The van der Waals surface area contributed by atoms with Crippen molar-refractivity contribution < 1.29 is 18.6 Å². The molecule has 2 heterocycles. The molecule has 0 aliphatic rings. The number of hydrogen-bond acceptors (Lipinski definition) is 7. The van der Waals surface area contributed by atoms with E-state index in [4.69, 9.17) is 23.6 Å². The van der Waals surface area contributed by atoms with Crippen LogP contribution in [0.15, 0.2) is 118 Å². The Morgan fingerprint density at radius 2 is 1.70 bits per heavy atom. The van der Waals surface area contributed by atoms with Gasteiger partial charge in [-0.3, -0.25) is 4.79 Å². The largest absolute Gasteiger partial charge is 0.496 e. The first-order chi connectivity index (χ1) is 21.1. The van der Waals surface area contributed by atoms with E-state index in [0.717, 1.165) is 16.5 Å². The number of nitrogens with zero attached hydrogens (tertiary/aromatic N) is 3. The molecule has 0 unspecified atom stereocenters. The molecule has 0 fully saturated rings. The molecule has 0 aliphatic heterocycles. The summed E-state index contributed by atoms with van der Waals surface area (Å²) in [7, 11) is 3.19. The normalized spacial score (nSPS) is 11.3. The fourth-order valence-electron chi connectivity index (χ4n) is 4.95. The van der Waals surface area contributed by atoms with Crippen LogP contribution in [-0.4, -0.2) is 30.1 Å². The van der Waals surface area contributed by atoms with Crippen LogP contribution >= 0.6 is 0 Å². The van der Waals surface area contributed by atoms with Gasteiger partial charge in [0, 0.05) is 5.56 Å². The fourth-order valence-corrected chi connectivity index (χ4v) is 4.95. The van der Waals surface area contributed by atoms with Gasteiger partial charge in [0.05, 0.1) is 36.7 Å². The van der Waals surface area contributed by atoms with Crippen molar-refractivity contribution in [3.8, 4) is 28.8 Å². The predicted octanol–water partition coefficient (Wildman–Crippen LogP) is 7.02. The van der Waals surface area contributed by atoms with E-state index in [9.17, 15) is 4.79 Å². The lowest BCUT2D eigenvalue weighted by molar-refractivity contribution is 0.282. The zero-order valence-corrected chi connectivity index (χ0v) is 23.8. The number of ether oxygens (including phenoxy) is 3. The van der Waals surface area contributed by atoms with E-state index in [1.165, 1.54) is 4.68 Å². The summed E-state index contributed by atoms with van der Waals surface area (Å²) in [6.45, 7) is 4.29. The zero-order valence-electron chi connectivity index (χ0n) is 23.8. The van der Waals surface area contributed by atoms with Crippen LogP contribution in [0.2, 0.25) is 0 Å². The van der Waals surface area contributed by atoms with Gasteiger partial charge in [0.1, 0.15) is 17.9 Å². The quantitative estimate of drug-likeness (QED) is 0.130. The average molecular weight is 572 g/mol. The number of rotatable bonds is 10. The van der Waals surface area contributed by atoms with Gasteiger partial charge in [-0.2, -0.15) is 9.78 Å². The molecule has 0 atom stereocenters. The van der Waals surface area contributed by atoms with Gasteiger partial charge < -0.3 is 18.6 Å². The summed E-state index contributed by atoms with van der Waals surface area (Å²) in [5, 5.41) is 5.82. The predicted molar refractivity (Wildman–Crippen MR) is 168 cm³/mol. The third-order valence-corrected chi connectivity index (χ3v) is 7.00. The van der Waals surface area contributed by atoms with Crippen molar-refractivity contribution in [2.75, 3.05) is 14.2 Å². The number of methoxy groups -OCH3 is 2. The second-order valence-corrected chi connectivity index (χ2v) is 9.78. The maximum Gasteiger partial charge on any atom is 0.282 e. The summed E-state index contributed by atoms with van der Waals surface area (Å²) >= 11 is 0. The van der Waals surface area contributed by atoms with Crippen LogP contribution < -0.4 is 19.8 Å². The lowest BCUT2D eigenvalue weighted by atomic mass is 10.1. The average Bonchev–Trinajstić information content (AvgIpc) is 3.49. The summed E-state index contributed by atoms with van der Waals surface area (Å²) in [5.74, 6) is 2.48. The molecular weight excluding hydrogens is 542 g/mol. The smallest absolute Gasteiger partial charge is 0.282 e. The van der Waals surface area contributed by atoms with E-state index in [2.05, 4.69) is 11.7 Å². The lowest BCUT2D eigenvalue weighted by Crippen LogP contribution is -2.20. The van der Waals surface area contributed by atoms with Crippen LogP contribution in [0.3, 0.4) is 0 Å². The van der Waals surface area contributed by atoms with Crippen molar-refractivity contribution in [2.24, 2.45) is 5.10 Å². The van der Waals surface area contributed by atoms with Gasteiger partial charge in [-0.05, 0) is 60.0 Å². The van der Waals surface area contributed by atoms with E-state index in [1.807, 2.05) is 66.7 Å². The Balaban J connectivity index is 1.44. The molecule has 0 bridgehead atoms.